The van der Waals surface area contributed by atoms with Gasteiger partial charge in [0.25, 0.3) is 5.91 Å². The quantitative estimate of drug-likeness (QED) is 0.535. The van der Waals surface area contributed by atoms with E-state index in [1.165, 1.54) is 0 Å². The largest absolute Gasteiger partial charge is 0.416 e. The average Bonchev–Trinajstić information content (AvgIpc) is 3.15. The van der Waals surface area contributed by atoms with E-state index in [0.717, 1.165) is 23.2 Å². The summed E-state index contributed by atoms with van der Waals surface area (Å²) in [6, 6.07) is 20.0. The minimum Gasteiger partial charge on any atom is -0.416 e. The van der Waals surface area contributed by atoms with Crippen LogP contribution in [0.4, 0.5) is 0 Å². The fourth-order valence-corrected chi connectivity index (χ4v) is 4.14. The van der Waals surface area contributed by atoms with E-state index in [1.54, 1.807) is 17.8 Å². The van der Waals surface area contributed by atoms with Crippen LogP contribution in [0.5, 0.6) is 0 Å². The Morgan fingerprint density at radius 3 is 2.69 bits per heavy atom. The molecule has 3 atom stereocenters. The van der Waals surface area contributed by atoms with Crippen LogP contribution in [0.1, 0.15) is 22.3 Å². The lowest BCUT2D eigenvalue weighted by atomic mass is 10.00. The van der Waals surface area contributed by atoms with Crippen LogP contribution < -0.4 is 16.3 Å². The van der Waals surface area contributed by atoms with Gasteiger partial charge in [0.2, 0.25) is 0 Å². The van der Waals surface area contributed by atoms with Gasteiger partial charge in [-0.3, -0.25) is 4.79 Å². The minimum atomic E-state index is -0.653. The lowest BCUT2D eigenvalue weighted by Crippen LogP contribution is -2.46. The third-order valence-corrected chi connectivity index (χ3v) is 6.46. The van der Waals surface area contributed by atoms with Crippen LogP contribution in [-0.2, 0) is 16.0 Å². The number of nitrogens with zero attached hydrogens (tertiary/aromatic N) is 1. The number of benzene rings is 2. The first kappa shape index (κ1) is 26.3. The van der Waals surface area contributed by atoms with Gasteiger partial charge < -0.3 is 19.8 Å². The van der Waals surface area contributed by atoms with Crippen molar-refractivity contribution in [1.29, 1.82) is 5.26 Å². The Kier molecular flexibility index (Phi) is 9.75. The molecule has 1 amide bonds. The molecule has 35 heavy (non-hydrogen) atoms. The molecule has 0 bridgehead atoms. The highest BCUT2D eigenvalue weighted by Gasteiger charge is 2.26. The molecule has 186 valence electrons. The highest BCUT2D eigenvalue weighted by Crippen LogP contribution is 2.24. The smallest absolute Gasteiger partial charge is 0.390 e. The van der Waals surface area contributed by atoms with E-state index in [-0.39, 0.29) is 8.76 Å². The van der Waals surface area contributed by atoms with E-state index in [1.807, 2.05) is 56.5 Å². The summed E-state index contributed by atoms with van der Waals surface area (Å²) in [7, 11) is 0. The number of amides is 1. The molecule has 8 heteroatoms. The van der Waals surface area contributed by atoms with Gasteiger partial charge in [0.15, 0.2) is 0 Å². The summed E-state index contributed by atoms with van der Waals surface area (Å²) in [6.45, 7) is 5.72. The summed E-state index contributed by atoms with van der Waals surface area (Å²) in [6.07, 6.45) is 1.80. The highest BCUT2D eigenvalue weighted by molar-refractivity contribution is 7.99. The Labute approximate surface area is 212 Å². The molecular weight excluding hydrogens is 462 g/mol. The number of ether oxygens (including phenoxy) is 1. The standard InChI is InChI=1S/C25H23N3O4S.C2H6.2H2/c1-33-21-13-27-14-23(31-15-21)25(30)28-20(12-26)10-16-2-4-17(5-3-16)18-6-8-22-19(11-18)7-9-24(29)32-22;1-2;;/h2-6,8,11,20-21,23,27H,10,13-15H2,1H3,(H,28,30);1-2H3;2*1H/t20-,21?,23?;;;/m0.../s1. The summed E-state index contributed by atoms with van der Waals surface area (Å²) in [5, 5.41) is 16.6. The zero-order valence-corrected chi connectivity index (χ0v) is 20.9. The third kappa shape index (κ3) is 7.10. The average molecular weight is 496 g/mol. The molecule has 0 aliphatic carbocycles. The maximum Gasteiger partial charge on any atom is 0.390 e. The maximum absolute atomic E-state index is 12.6. The fourth-order valence-electron chi connectivity index (χ4n) is 3.64. The van der Waals surface area contributed by atoms with Gasteiger partial charge in [0.05, 0.1) is 18.1 Å². The van der Waals surface area contributed by atoms with Crippen molar-refractivity contribution in [2.24, 2.45) is 0 Å². The van der Waals surface area contributed by atoms with E-state index in [2.05, 4.69) is 28.8 Å². The molecule has 0 saturated carbocycles. The van der Waals surface area contributed by atoms with E-state index < -0.39 is 17.8 Å². The molecule has 4 rings (SSSR count). The fraction of sp³-hybridized carbons (Fsp3) is 0.370. The van der Waals surface area contributed by atoms with Crippen LogP contribution in [0.3, 0.4) is 0 Å². The summed E-state index contributed by atoms with van der Waals surface area (Å²) in [5.74, 6) is -0.275. The molecule has 2 aromatic carbocycles. The van der Waals surface area contributed by atoms with Crippen molar-refractivity contribution in [2.75, 3.05) is 26.0 Å². The van der Waals surface area contributed by atoms with Crippen LogP contribution in [0, 0.1) is 23.5 Å². The topological polar surface area (TPSA) is 104 Å². The number of thioether (sulfide) groups is 1. The van der Waals surface area contributed by atoms with Gasteiger partial charge in [-0.2, -0.15) is 17.0 Å². The third-order valence-electron chi connectivity index (χ3n) is 5.49. The maximum atomic E-state index is 12.6. The lowest BCUT2D eigenvalue weighted by molar-refractivity contribution is -0.132. The van der Waals surface area contributed by atoms with Crippen LogP contribution in [0.2, 0.25) is 0 Å². The van der Waals surface area contributed by atoms with Crippen molar-refractivity contribution in [3.05, 3.63) is 70.6 Å². The molecular formula is C27H33N3O4S. The predicted octanol–water partition coefficient (Wildman–Crippen LogP) is 3.85. The van der Waals surface area contributed by atoms with Gasteiger partial charge >= 0.3 is 5.63 Å². The van der Waals surface area contributed by atoms with Crippen molar-refractivity contribution in [3.63, 3.8) is 0 Å². The molecule has 1 aliphatic heterocycles. The summed E-state index contributed by atoms with van der Waals surface area (Å²) in [4.78, 5) is 23.9. The molecule has 1 aliphatic rings. The SMILES string of the molecule is CC.CSC1CNCC(C(=O)N[C@H](C#N)Cc2ccc(-c3ccc4oc(=O)c#cc4c3)cc2)OC1.[HH].[HH]. The van der Waals surface area contributed by atoms with Gasteiger partial charge in [-0.25, -0.2) is 4.79 Å². The minimum absolute atomic E-state index is 0. The van der Waals surface area contributed by atoms with E-state index in [9.17, 15) is 14.9 Å². The van der Waals surface area contributed by atoms with Gasteiger partial charge in [0.1, 0.15) is 17.7 Å². The molecule has 1 fully saturated rings. The predicted molar refractivity (Wildman–Crippen MR) is 142 cm³/mol. The molecule has 1 aromatic heterocycles. The van der Waals surface area contributed by atoms with Crippen molar-refractivity contribution in [3.8, 4) is 17.2 Å². The Balaban J connectivity index is 0.00000167. The second-order valence-corrected chi connectivity index (χ2v) is 8.92. The monoisotopic (exact) mass is 495 g/mol. The summed E-state index contributed by atoms with van der Waals surface area (Å²) < 4.78 is 10.8. The highest BCUT2D eigenvalue weighted by atomic mass is 32.2. The molecule has 2 heterocycles. The Bertz CT molecular complexity index is 1230. The number of nitriles is 1. The number of carbonyl (C=O) groups excluding carboxylic acids is 1. The molecule has 2 unspecified atom stereocenters. The first-order valence-corrected chi connectivity index (χ1v) is 12.9. The number of nitrogens with one attached hydrogen (secondary N) is 2. The molecule has 2 N–H and O–H groups in total. The van der Waals surface area contributed by atoms with Crippen molar-refractivity contribution in [2.45, 2.75) is 37.7 Å². The summed E-state index contributed by atoms with van der Waals surface area (Å²) >= 11 is 1.70. The number of hydrogen-bond donors (Lipinski definition) is 2. The molecule has 1 saturated heterocycles. The zero-order valence-electron chi connectivity index (χ0n) is 20.1. The second-order valence-electron chi connectivity index (χ2n) is 7.78. The van der Waals surface area contributed by atoms with Crippen molar-refractivity contribution < 1.29 is 16.8 Å². The Hall–Kier alpha value is -3.30. The second kappa shape index (κ2) is 13.0. The van der Waals surface area contributed by atoms with E-state index in [0.29, 0.717) is 35.8 Å². The van der Waals surface area contributed by atoms with Gasteiger partial charge in [-0.1, -0.05) is 50.2 Å². The van der Waals surface area contributed by atoms with Crippen LogP contribution in [0.25, 0.3) is 22.1 Å². The molecule has 0 radical (unpaired) electrons. The van der Waals surface area contributed by atoms with E-state index in [4.69, 9.17) is 9.15 Å². The van der Waals surface area contributed by atoms with Gasteiger partial charge in [0, 0.05) is 33.7 Å². The Morgan fingerprint density at radius 1 is 1.23 bits per heavy atom. The van der Waals surface area contributed by atoms with E-state index >= 15 is 0 Å². The van der Waals surface area contributed by atoms with Gasteiger partial charge in [-0.15, -0.1) is 0 Å². The first-order chi connectivity index (χ1) is 17.1. The van der Waals surface area contributed by atoms with Crippen LogP contribution >= 0.6 is 11.8 Å². The lowest BCUT2D eigenvalue weighted by Gasteiger charge is -2.18. The number of carbonyl (C=O) groups is 1. The van der Waals surface area contributed by atoms with Crippen LogP contribution in [-0.4, -0.2) is 49.3 Å². The number of hydrogen-bond acceptors (Lipinski definition) is 7. The van der Waals surface area contributed by atoms with Crippen molar-refractivity contribution >= 4 is 28.6 Å². The normalized spacial score (nSPS) is 18.2. The number of rotatable bonds is 6. The number of fused-ring (bicyclic) bond motifs is 1. The molecule has 7 nitrogen and oxygen atoms in total. The van der Waals surface area contributed by atoms with Gasteiger partial charge in [-0.05, 0) is 35.1 Å². The zero-order chi connectivity index (χ0) is 25.2. The molecule has 3 aromatic rings. The summed E-state index contributed by atoms with van der Waals surface area (Å²) in [5.41, 5.74) is 2.76. The van der Waals surface area contributed by atoms with Crippen molar-refractivity contribution in [1.82, 2.24) is 10.6 Å². The van der Waals surface area contributed by atoms with Crippen LogP contribution in [0.15, 0.2) is 51.7 Å². The molecule has 0 spiro atoms. The first-order valence-electron chi connectivity index (χ1n) is 11.6. The Morgan fingerprint density at radius 2 is 1.97 bits per heavy atom.